The van der Waals surface area contributed by atoms with Crippen LogP contribution < -0.4 is 15.6 Å². The Labute approximate surface area is 173 Å². The largest absolute Gasteiger partial charge is 0.497 e. The van der Waals surface area contributed by atoms with Crippen LogP contribution in [0.5, 0.6) is 5.75 Å². The normalized spacial score (nSPS) is 11.7. The van der Waals surface area contributed by atoms with Gasteiger partial charge in [0.25, 0.3) is 11.5 Å². The molecular weight excluding hydrogens is 386 g/mol. The lowest BCUT2D eigenvalue weighted by Gasteiger charge is -2.14. The molecule has 0 bridgehead atoms. The van der Waals surface area contributed by atoms with E-state index in [1.165, 1.54) is 6.92 Å². The molecule has 0 saturated carbocycles. The molecule has 156 valence electrons. The van der Waals surface area contributed by atoms with E-state index in [2.05, 4.69) is 15.5 Å². The van der Waals surface area contributed by atoms with E-state index in [0.29, 0.717) is 29.4 Å². The van der Waals surface area contributed by atoms with Gasteiger partial charge in [0.05, 0.1) is 24.6 Å². The number of aromatic nitrogens is 2. The average molecular weight is 409 g/mol. The minimum absolute atomic E-state index is 0.152. The first kappa shape index (κ1) is 21.0. The van der Waals surface area contributed by atoms with Crippen molar-refractivity contribution in [3.8, 4) is 5.75 Å². The van der Waals surface area contributed by atoms with Crippen molar-refractivity contribution in [3.05, 3.63) is 70.1 Å². The van der Waals surface area contributed by atoms with Gasteiger partial charge in [-0.25, -0.2) is 5.10 Å². The molecular formula is C22H23N3O5. The highest BCUT2D eigenvalue weighted by Gasteiger charge is 2.19. The fourth-order valence-electron chi connectivity index (χ4n) is 3.00. The second-order valence-corrected chi connectivity index (χ2v) is 6.74. The summed E-state index contributed by atoms with van der Waals surface area (Å²) in [5.74, 6) is -0.207. The van der Waals surface area contributed by atoms with Crippen molar-refractivity contribution in [3.63, 3.8) is 0 Å². The molecule has 1 aromatic heterocycles. The number of benzene rings is 2. The molecule has 1 heterocycles. The van der Waals surface area contributed by atoms with Crippen LogP contribution >= 0.6 is 0 Å². The molecule has 8 nitrogen and oxygen atoms in total. The SMILES string of the molecule is COc1ccc(CCNC(=O)[C@@H](C)OC(=O)Cc2n[nH]c(=O)c3ccccc23)cc1. The van der Waals surface area contributed by atoms with Gasteiger partial charge in [0.2, 0.25) is 0 Å². The fourth-order valence-corrected chi connectivity index (χ4v) is 3.00. The predicted molar refractivity (Wildman–Crippen MR) is 111 cm³/mol. The Balaban J connectivity index is 1.50. The lowest BCUT2D eigenvalue weighted by molar-refractivity contribution is -0.154. The number of carbonyl (C=O) groups excluding carboxylic acids is 2. The highest BCUT2D eigenvalue weighted by molar-refractivity contribution is 5.88. The van der Waals surface area contributed by atoms with Crippen molar-refractivity contribution in [2.75, 3.05) is 13.7 Å². The molecule has 1 amide bonds. The summed E-state index contributed by atoms with van der Waals surface area (Å²) >= 11 is 0. The number of esters is 1. The average Bonchev–Trinajstić information content (AvgIpc) is 2.76. The summed E-state index contributed by atoms with van der Waals surface area (Å²) in [6.07, 6.45) is -0.452. The molecule has 0 fully saturated rings. The minimum Gasteiger partial charge on any atom is -0.497 e. The van der Waals surface area contributed by atoms with E-state index >= 15 is 0 Å². The van der Waals surface area contributed by atoms with Crippen molar-refractivity contribution >= 4 is 22.6 Å². The van der Waals surface area contributed by atoms with Crippen LogP contribution in [0, 0.1) is 0 Å². The second-order valence-electron chi connectivity index (χ2n) is 6.74. The van der Waals surface area contributed by atoms with Crippen LogP contribution in [0.1, 0.15) is 18.2 Å². The smallest absolute Gasteiger partial charge is 0.312 e. The summed E-state index contributed by atoms with van der Waals surface area (Å²) in [6.45, 7) is 1.93. The molecule has 30 heavy (non-hydrogen) atoms. The van der Waals surface area contributed by atoms with Gasteiger partial charge in [-0.3, -0.25) is 14.4 Å². The first-order valence-corrected chi connectivity index (χ1v) is 9.54. The van der Waals surface area contributed by atoms with Gasteiger partial charge in [0.1, 0.15) is 5.75 Å². The Morgan fingerprint density at radius 2 is 1.80 bits per heavy atom. The molecule has 0 radical (unpaired) electrons. The Kier molecular flexibility index (Phi) is 6.79. The molecule has 0 aliphatic rings. The molecule has 2 N–H and O–H groups in total. The molecule has 3 rings (SSSR count). The zero-order valence-corrected chi connectivity index (χ0v) is 16.8. The molecule has 3 aromatic rings. The Bertz CT molecular complexity index is 1090. The van der Waals surface area contributed by atoms with Gasteiger partial charge in [-0.15, -0.1) is 0 Å². The number of rotatable bonds is 8. The van der Waals surface area contributed by atoms with Gasteiger partial charge in [0.15, 0.2) is 6.10 Å². The third kappa shape index (κ3) is 5.22. The summed E-state index contributed by atoms with van der Waals surface area (Å²) in [5, 5.41) is 10.1. The molecule has 0 saturated heterocycles. The first-order valence-electron chi connectivity index (χ1n) is 9.54. The zero-order valence-electron chi connectivity index (χ0n) is 16.8. The highest BCUT2D eigenvalue weighted by Crippen LogP contribution is 2.14. The monoisotopic (exact) mass is 409 g/mol. The van der Waals surface area contributed by atoms with Gasteiger partial charge in [-0.05, 0) is 37.1 Å². The lowest BCUT2D eigenvalue weighted by atomic mass is 10.1. The van der Waals surface area contributed by atoms with Crippen molar-refractivity contribution in [2.45, 2.75) is 25.9 Å². The Morgan fingerprint density at radius 3 is 2.50 bits per heavy atom. The van der Waals surface area contributed by atoms with E-state index in [9.17, 15) is 14.4 Å². The van der Waals surface area contributed by atoms with E-state index in [1.54, 1.807) is 31.4 Å². The van der Waals surface area contributed by atoms with Gasteiger partial charge < -0.3 is 14.8 Å². The highest BCUT2D eigenvalue weighted by atomic mass is 16.5. The van der Waals surface area contributed by atoms with E-state index in [1.807, 2.05) is 24.3 Å². The number of aromatic amines is 1. The molecule has 0 unspecified atom stereocenters. The van der Waals surface area contributed by atoms with Gasteiger partial charge in [-0.2, -0.15) is 5.10 Å². The van der Waals surface area contributed by atoms with Crippen LogP contribution in [-0.2, 0) is 27.2 Å². The van der Waals surface area contributed by atoms with Crippen LogP contribution in [-0.4, -0.2) is 41.8 Å². The number of fused-ring (bicyclic) bond motifs is 1. The third-order valence-electron chi connectivity index (χ3n) is 4.64. The lowest BCUT2D eigenvalue weighted by Crippen LogP contribution is -2.37. The van der Waals surface area contributed by atoms with Crippen molar-refractivity contribution in [2.24, 2.45) is 0 Å². The van der Waals surface area contributed by atoms with Crippen LogP contribution in [0.25, 0.3) is 10.8 Å². The number of amides is 1. The van der Waals surface area contributed by atoms with E-state index in [-0.39, 0.29) is 17.9 Å². The van der Waals surface area contributed by atoms with E-state index < -0.39 is 12.1 Å². The molecule has 1 atom stereocenters. The number of hydrogen-bond acceptors (Lipinski definition) is 6. The number of nitrogens with one attached hydrogen (secondary N) is 2. The molecule has 8 heteroatoms. The first-order chi connectivity index (χ1) is 14.5. The minimum atomic E-state index is -0.942. The van der Waals surface area contributed by atoms with Crippen molar-refractivity contribution in [1.29, 1.82) is 0 Å². The second kappa shape index (κ2) is 9.69. The number of H-pyrrole nitrogens is 1. The van der Waals surface area contributed by atoms with E-state index in [4.69, 9.17) is 9.47 Å². The van der Waals surface area contributed by atoms with Crippen LogP contribution in [0.15, 0.2) is 53.3 Å². The third-order valence-corrected chi connectivity index (χ3v) is 4.64. The fraction of sp³-hybridized carbons (Fsp3) is 0.273. The maximum atomic E-state index is 12.3. The maximum absolute atomic E-state index is 12.3. The maximum Gasteiger partial charge on any atom is 0.312 e. The Hall–Kier alpha value is -3.68. The number of methoxy groups -OCH3 is 1. The summed E-state index contributed by atoms with van der Waals surface area (Å²) in [5.41, 5.74) is 1.12. The quantitative estimate of drug-likeness (QED) is 0.549. The van der Waals surface area contributed by atoms with Crippen LogP contribution in [0.2, 0.25) is 0 Å². The standard InChI is InChI=1S/C22H23N3O5/c1-14(21(27)23-12-11-15-7-9-16(29-2)10-8-15)30-20(26)13-19-17-5-3-4-6-18(17)22(28)25-24-19/h3-10,14H,11-13H2,1-2H3,(H,23,27)(H,25,28)/t14-/m1/s1. The molecule has 2 aromatic carbocycles. The van der Waals surface area contributed by atoms with Gasteiger partial charge in [-0.1, -0.05) is 30.3 Å². The number of nitrogens with zero attached hydrogens (tertiary/aromatic N) is 1. The summed E-state index contributed by atoms with van der Waals surface area (Å²) in [6, 6.07) is 14.4. The zero-order chi connectivity index (χ0) is 21.5. The topological polar surface area (TPSA) is 110 Å². The predicted octanol–water partition coefficient (Wildman–Crippen LogP) is 1.76. The Morgan fingerprint density at radius 1 is 1.10 bits per heavy atom. The van der Waals surface area contributed by atoms with Crippen LogP contribution in [0.3, 0.4) is 0 Å². The number of carbonyl (C=O) groups is 2. The summed E-state index contributed by atoms with van der Waals surface area (Å²) in [7, 11) is 1.60. The van der Waals surface area contributed by atoms with Crippen molar-refractivity contribution < 1.29 is 19.1 Å². The summed E-state index contributed by atoms with van der Waals surface area (Å²) in [4.78, 5) is 36.3. The summed E-state index contributed by atoms with van der Waals surface area (Å²) < 4.78 is 10.3. The van der Waals surface area contributed by atoms with E-state index in [0.717, 1.165) is 11.3 Å². The van der Waals surface area contributed by atoms with Gasteiger partial charge in [0, 0.05) is 11.9 Å². The number of ether oxygens (including phenoxy) is 2. The number of hydrogen-bond donors (Lipinski definition) is 2. The van der Waals surface area contributed by atoms with Crippen molar-refractivity contribution in [1.82, 2.24) is 15.5 Å². The van der Waals surface area contributed by atoms with Crippen LogP contribution in [0.4, 0.5) is 0 Å². The molecule has 0 aliphatic heterocycles. The van der Waals surface area contributed by atoms with Gasteiger partial charge >= 0.3 is 5.97 Å². The molecule has 0 spiro atoms. The molecule has 0 aliphatic carbocycles.